The second-order valence-electron chi connectivity index (χ2n) is 6.70. The van der Waals surface area contributed by atoms with Gasteiger partial charge in [0.15, 0.2) is 6.61 Å². The highest BCUT2D eigenvalue weighted by molar-refractivity contribution is 7.99. The Morgan fingerprint density at radius 3 is 2.74 bits per heavy atom. The topological polar surface area (TPSA) is 81.4 Å². The molecule has 9 heteroatoms. The van der Waals surface area contributed by atoms with Crippen LogP contribution >= 0.6 is 23.4 Å². The van der Waals surface area contributed by atoms with E-state index in [0.29, 0.717) is 22.2 Å². The summed E-state index contributed by atoms with van der Waals surface area (Å²) in [5, 5.41) is 8.81. The number of hydrogen-bond acceptors (Lipinski definition) is 6. The third kappa shape index (κ3) is 4.81. The van der Waals surface area contributed by atoms with E-state index in [0.717, 1.165) is 27.6 Å². The van der Waals surface area contributed by atoms with Crippen molar-refractivity contribution in [2.45, 2.75) is 30.2 Å². The second-order valence-corrected chi connectivity index (χ2v) is 8.16. The van der Waals surface area contributed by atoms with E-state index < -0.39 is 0 Å². The van der Waals surface area contributed by atoms with Gasteiger partial charge in [-0.15, -0.1) is 0 Å². The van der Waals surface area contributed by atoms with E-state index in [1.54, 1.807) is 28.8 Å². The lowest BCUT2D eigenvalue weighted by Gasteiger charge is -2.15. The van der Waals surface area contributed by atoms with Crippen LogP contribution in [-0.4, -0.2) is 32.1 Å². The Kier molecular flexibility index (Phi) is 6.39. The van der Waals surface area contributed by atoms with Gasteiger partial charge in [-0.2, -0.15) is 14.6 Å². The van der Waals surface area contributed by atoms with E-state index in [9.17, 15) is 4.79 Å². The first kappa shape index (κ1) is 21.1. The summed E-state index contributed by atoms with van der Waals surface area (Å²) in [7, 11) is 0. The number of aryl methyl sites for hydroxylation is 1. The number of aromatic nitrogens is 4. The third-order valence-corrected chi connectivity index (χ3v) is 6.03. The molecule has 0 aliphatic carbocycles. The molecule has 0 atom stereocenters. The molecule has 0 aliphatic heterocycles. The zero-order valence-electron chi connectivity index (χ0n) is 17.0. The van der Waals surface area contributed by atoms with Gasteiger partial charge in [0, 0.05) is 21.2 Å². The van der Waals surface area contributed by atoms with Gasteiger partial charge >= 0.3 is 0 Å². The Bertz CT molecular complexity index is 1230. The number of ether oxygens (including phenoxy) is 1. The van der Waals surface area contributed by atoms with Crippen molar-refractivity contribution in [1.82, 2.24) is 19.6 Å². The zero-order chi connectivity index (χ0) is 21.8. The van der Waals surface area contributed by atoms with E-state index in [1.807, 2.05) is 31.2 Å². The number of hydrogen-bond donors (Lipinski definition) is 1. The summed E-state index contributed by atoms with van der Waals surface area (Å²) in [6.45, 7) is 3.94. The molecular weight excluding hydrogens is 434 g/mol. The summed E-state index contributed by atoms with van der Waals surface area (Å²) in [5.74, 6) is 0.876. The molecule has 0 saturated carbocycles. The number of carbonyl (C=O) groups is 1. The molecule has 0 bridgehead atoms. The van der Waals surface area contributed by atoms with Gasteiger partial charge < -0.3 is 10.1 Å². The third-order valence-electron chi connectivity index (χ3n) is 4.59. The van der Waals surface area contributed by atoms with Crippen molar-refractivity contribution in [2.24, 2.45) is 0 Å². The standard InChI is InChI=1S/C22H20ClN5O2S/c1-3-17-14(2)26-22-24-13-25-28(22)21(17)31-19-7-5-4-6-18(19)27-20(29)12-30-16-10-8-15(23)9-11-16/h4-11,13H,3,12H2,1-2H3,(H,27,29). The van der Waals surface area contributed by atoms with Crippen LogP contribution in [0.2, 0.25) is 5.02 Å². The largest absolute Gasteiger partial charge is 0.484 e. The lowest BCUT2D eigenvalue weighted by atomic mass is 10.2. The Balaban J connectivity index is 1.54. The monoisotopic (exact) mass is 453 g/mol. The van der Waals surface area contributed by atoms with Crippen molar-refractivity contribution in [3.05, 3.63) is 71.1 Å². The normalized spacial score (nSPS) is 10.9. The van der Waals surface area contributed by atoms with Gasteiger partial charge in [0.25, 0.3) is 11.7 Å². The maximum absolute atomic E-state index is 12.5. The van der Waals surface area contributed by atoms with Crippen LogP contribution in [0.25, 0.3) is 5.78 Å². The minimum Gasteiger partial charge on any atom is -0.484 e. The maximum Gasteiger partial charge on any atom is 0.262 e. The fourth-order valence-electron chi connectivity index (χ4n) is 3.10. The minimum absolute atomic E-state index is 0.109. The number of anilines is 1. The first-order chi connectivity index (χ1) is 15.0. The molecule has 2 aromatic heterocycles. The fourth-order valence-corrected chi connectivity index (χ4v) is 4.44. The van der Waals surface area contributed by atoms with Crippen LogP contribution in [0.15, 0.2) is 64.8 Å². The molecule has 1 amide bonds. The summed E-state index contributed by atoms with van der Waals surface area (Å²) in [6.07, 6.45) is 2.30. The predicted molar refractivity (Wildman–Crippen MR) is 121 cm³/mol. The SMILES string of the molecule is CCc1c(C)nc2ncnn2c1Sc1ccccc1NC(=O)COc1ccc(Cl)cc1. The molecule has 0 radical (unpaired) electrons. The van der Waals surface area contributed by atoms with E-state index in [1.165, 1.54) is 18.1 Å². The molecule has 158 valence electrons. The van der Waals surface area contributed by atoms with Gasteiger partial charge in [0.05, 0.1) is 5.69 Å². The average Bonchev–Trinajstić information content (AvgIpc) is 3.23. The van der Waals surface area contributed by atoms with Crippen LogP contribution in [0, 0.1) is 6.92 Å². The Hall–Kier alpha value is -3.10. The summed E-state index contributed by atoms with van der Waals surface area (Å²) < 4.78 is 7.28. The molecule has 4 aromatic rings. The maximum atomic E-state index is 12.5. The summed E-state index contributed by atoms with van der Waals surface area (Å²) in [4.78, 5) is 22.1. The zero-order valence-corrected chi connectivity index (χ0v) is 18.6. The first-order valence-corrected chi connectivity index (χ1v) is 10.9. The van der Waals surface area contributed by atoms with Crippen molar-refractivity contribution in [3.63, 3.8) is 0 Å². The van der Waals surface area contributed by atoms with Crippen LogP contribution in [-0.2, 0) is 11.2 Å². The van der Waals surface area contributed by atoms with E-state index >= 15 is 0 Å². The number of nitrogens with one attached hydrogen (secondary N) is 1. The molecule has 0 fully saturated rings. The number of benzene rings is 2. The Morgan fingerprint density at radius 1 is 1.19 bits per heavy atom. The minimum atomic E-state index is -0.254. The van der Waals surface area contributed by atoms with Crippen molar-refractivity contribution in [3.8, 4) is 5.75 Å². The molecule has 2 aromatic carbocycles. The summed E-state index contributed by atoms with van der Waals surface area (Å²) in [5.41, 5.74) is 2.71. The van der Waals surface area contributed by atoms with Crippen molar-refractivity contribution in [2.75, 3.05) is 11.9 Å². The molecule has 4 rings (SSSR count). The van der Waals surface area contributed by atoms with Crippen molar-refractivity contribution >= 4 is 40.7 Å². The smallest absolute Gasteiger partial charge is 0.262 e. The lowest BCUT2D eigenvalue weighted by molar-refractivity contribution is -0.118. The van der Waals surface area contributed by atoms with E-state index in [-0.39, 0.29) is 12.5 Å². The van der Waals surface area contributed by atoms with Gasteiger partial charge in [-0.25, -0.2) is 4.98 Å². The fraction of sp³-hybridized carbons (Fsp3) is 0.182. The van der Waals surface area contributed by atoms with Crippen LogP contribution in [0.3, 0.4) is 0 Å². The van der Waals surface area contributed by atoms with Crippen LogP contribution in [0.4, 0.5) is 5.69 Å². The first-order valence-electron chi connectivity index (χ1n) is 9.69. The number of para-hydroxylation sites is 1. The van der Waals surface area contributed by atoms with Crippen molar-refractivity contribution in [1.29, 1.82) is 0 Å². The number of amides is 1. The molecule has 0 aliphatic rings. The second kappa shape index (κ2) is 9.36. The Morgan fingerprint density at radius 2 is 1.97 bits per heavy atom. The molecule has 1 N–H and O–H groups in total. The molecule has 2 heterocycles. The van der Waals surface area contributed by atoms with Gasteiger partial charge in [0.2, 0.25) is 0 Å². The van der Waals surface area contributed by atoms with Crippen LogP contribution < -0.4 is 10.1 Å². The van der Waals surface area contributed by atoms with Crippen LogP contribution in [0.1, 0.15) is 18.2 Å². The predicted octanol–water partition coefficient (Wildman–Crippen LogP) is 4.82. The van der Waals surface area contributed by atoms with Gasteiger partial charge in [0.1, 0.15) is 17.1 Å². The highest BCUT2D eigenvalue weighted by Gasteiger charge is 2.17. The lowest BCUT2D eigenvalue weighted by Crippen LogP contribution is -2.20. The van der Waals surface area contributed by atoms with Gasteiger partial charge in [-0.3, -0.25) is 4.79 Å². The number of fused-ring (bicyclic) bond motifs is 1. The highest BCUT2D eigenvalue weighted by Crippen LogP contribution is 2.36. The quantitative estimate of drug-likeness (QED) is 0.404. The molecular formula is C22H20ClN5O2S. The van der Waals surface area contributed by atoms with Crippen LogP contribution in [0.5, 0.6) is 5.75 Å². The highest BCUT2D eigenvalue weighted by atomic mass is 35.5. The molecule has 0 spiro atoms. The summed E-state index contributed by atoms with van der Waals surface area (Å²) in [6, 6.07) is 14.5. The summed E-state index contributed by atoms with van der Waals surface area (Å²) >= 11 is 7.40. The van der Waals surface area contributed by atoms with Crippen molar-refractivity contribution < 1.29 is 9.53 Å². The molecule has 31 heavy (non-hydrogen) atoms. The Labute approximate surface area is 188 Å². The average molecular weight is 454 g/mol. The number of halogens is 1. The van der Waals surface area contributed by atoms with E-state index in [2.05, 4.69) is 27.3 Å². The van der Waals surface area contributed by atoms with E-state index in [4.69, 9.17) is 16.3 Å². The molecule has 0 unspecified atom stereocenters. The molecule has 7 nitrogen and oxygen atoms in total. The number of nitrogens with zero attached hydrogens (tertiary/aromatic N) is 4. The molecule has 0 saturated heterocycles. The number of carbonyl (C=O) groups excluding carboxylic acids is 1. The van der Waals surface area contributed by atoms with Gasteiger partial charge in [-0.1, -0.05) is 42.4 Å². The number of rotatable bonds is 7. The van der Waals surface area contributed by atoms with Gasteiger partial charge in [-0.05, 0) is 49.7 Å².